The fourth-order valence-corrected chi connectivity index (χ4v) is 0.978. The summed E-state index contributed by atoms with van der Waals surface area (Å²) in [6.07, 6.45) is 0.912. The Balaban J connectivity index is 2.66. The van der Waals surface area contributed by atoms with Gasteiger partial charge in [0.2, 0.25) is 5.91 Å². The summed E-state index contributed by atoms with van der Waals surface area (Å²) in [5.41, 5.74) is 3.61. The number of amides is 2. The lowest BCUT2D eigenvalue weighted by molar-refractivity contribution is -0.128. The Morgan fingerprint density at radius 2 is 2.06 bits per heavy atom. The van der Waals surface area contributed by atoms with Crippen LogP contribution in [0.3, 0.4) is 0 Å². The maximum atomic E-state index is 12.8. The summed E-state index contributed by atoms with van der Waals surface area (Å²) in [6, 6.07) is 2.02. The van der Waals surface area contributed by atoms with Crippen LogP contribution < -0.4 is 16.4 Å². The molecule has 6 nitrogen and oxygen atoms in total. The van der Waals surface area contributed by atoms with Gasteiger partial charge in [0.05, 0.1) is 0 Å². The molecular weight excluding hydrogens is 217 g/mol. The predicted molar refractivity (Wildman–Crippen MR) is 52.6 cm³/mol. The van der Waals surface area contributed by atoms with E-state index in [1.54, 1.807) is 0 Å². The molecule has 0 saturated carbocycles. The molecular formula is C9H10FN3O3. The van der Waals surface area contributed by atoms with Crippen LogP contribution in [0.5, 0.6) is 0 Å². The minimum atomic E-state index is -0.622. The topological polar surface area (TPSA) is 80.2 Å². The molecule has 0 bridgehead atoms. The highest BCUT2D eigenvalue weighted by atomic mass is 19.1. The quantitative estimate of drug-likeness (QED) is 0.646. The van der Waals surface area contributed by atoms with Crippen molar-refractivity contribution in [1.82, 2.24) is 15.4 Å². The normalized spacial score (nSPS) is 9.62. The molecule has 16 heavy (non-hydrogen) atoms. The van der Waals surface area contributed by atoms with Crippen LogP contribution in [0.2, 0.25) is 0 Å². The van der Waals surface area contributed by atoms with Gasteiger partial charge in [0.1, 0.15) is 12.4 Å². The van der Waals surface area contributed by atoms with Gasteiger partial charge in [0.25, 0.3) is 11.5 Å². The second-order valence-corrected chi connectivity index (χ2v) is 3.04. The molecule has 0 radical (unpaired) electrons. The molecule has 2 N–H and O–H groups in total. The van der Waals surface area contributed by atoms with Crippen molar-refractivity contribution < 1.29 is 14.0 Å². The van der Waals surface area contributed by atoms with Gasteiger partial charge in [-0.05, 0) is 6.07 Å². The molecule has 0 unspecified atom stereocenters. The zero-order chi connectivity index (χ0) is 12.1. The molecule has 0 saturated heterocycles. The second-order valence-electron chi connectivity index (χ2n) is 3.04. The lowest BCUT2D eigenvalue weighted by Crippen LogP contribution is -2.43. The number of hydrogen-bond acceptors (Lipinski definition) is 3. The summed E-state index contributed by atoms with van der Waals surface area (Å²) in [5.74, 6) is -1.69. The van der Waals surface area contributed by atoms with Crippen LogP contribution in [-0.4, -0.2) is 16.4 Å². The van der Waals surface area contributed by atoms with E-state index in [1.165, 1.54) is 6.92 Å². The molecule has 0 aliphatic rings. The molecule has 1 heterocycles. The molecule has 7 heteroatoms. The Hall–Kier alpha value is -2.18. The molecule has 0 aromatic carbocycles. The van der Waals surface area contributed by atoms with Gasteiger partial charge in [-0.3, -0.25) is 25.2 Å². The minimum absolute atomic E-state index is 0.364. The molecule has 1 aromatic heterocycles. The Morgan fingerprint density at radius 1 is 1.38 bits per heavy atom. The van der Waals surface area contributed by atoms with Crippen molar-refractivity contribution in [2.24, 2.45) is 0 Å². The van der Waals surface area contributed by atoms with Crippen molar-refractivity contribution >= 4 is 11.8 Å². The van der Waals surface area contributed by atoms with Crippen molar-refractivity contribution in [3.05, 3.63) is 34.5 Å². The Bertz CT molecular complexity index is 469. The molecule has 86 valence electrons. The van der Waals surface area contributed by atoms with E-state index in [1.807, 2.05) is 0 Å². The monoisotopic (exact) mass is 227 g/mol. The maximum absolute atomic E-state index is 12.8. The summed E-state index contributed by atoms with van der Waals surface area (Å²) in [7, 11) is 0. The third-order valence-electron chi connectivity index (χ3n) is 1.64. The summed E-state index contributed by atoms with van der Waals surface area (Å²) >= 11 is 0. The van der Waals surface area contributed by atoms with E-state index >= 15 is 0 Å². The molecule has 0 atom stereocenters. The van der Waals surface area contributed by atoms with Crippen LogP contribution in [0.25, 0.3) is 0 Å². The number of carbonyl (C=O) groups excluding carboxylic acids is 2. The van der Waals surface area contributed by atoms with Gasteiger partial charge < -0.3 is 4.57 Å². The van der Waals surface area contributed by atoms with E-state index in [0.717, 1.165) is 22.9 Å². The zero-order valence-electron chi connectivity index (χ0n) is 8.49. The van der Waals surface area contributed by atoms with E-state index in [0.29, 0.717) is 0 Å². The summed E-state index contributed by atoms with van der Waals surface area (Å²) in [4.78, 5) is 32.8. The van der Waals surface area contributed by atoms with Crippen LogP contribution in [0.4, 0.5) is 4.39 Å². The number of aromatic nitrogens is 1. The first-order chi connectivity index (χ1) is 7.49. The van der Waals surface area contributed by atoms with Gasteiger partial charge in [-0.2, -0.15) is 0 Å². The van der Waals surface area contributed by atoms with E-state index < -0.39 is 23.2 Å². The number of rotatable bonds is 2. The SMILES string of the molecule is CC(=O)NNC(=O)Cn1cc(F)ccc1=O. The van der Waals surface area contributed by atoms with Crippen LogP contribution in [0.15, 0.2) is 23.1 Å². The first kappa shape index (κ1) is 11.9. The molecule has 1 rings (SSSR count). The highest BCUT2D eigenvalue weighted by Crippen LogP contribution is 1.91. The van der Waals surface area contributed by atoms with E-state index in [4.69, 9.17) is 0 Å². The van der Waals surface area contributed by atoms with Gasteiger partial charge >= 0.3 is 0 Å². The maximum Gasteiger partial charge on any atom is 0.258 e. The average molecular weight is 227 g/mol. The lowest BCUT2D eigenvalue weighted by Gasteiger charge is -2.06. The Morgan fingerprint density at radius 3 is 2.69 bits per heavy atom. The number of hydrogen-bond donors (Lipinski definition) is 2. The van der Waals surface area contributed by atoms with Crippen LogP contribution in [0.1, 0.15) is 6.92 Å². The lowest BCUT2D eigenvalue weighted by atomic mass is 10.4. The number of halogens is 1. The Labute approximate surface area is 90.0 Å². The fourth-order valence-electron chi connectivity index (χ4n) is 0.978. The van der Waals surface area contributed by atoms with Gasteiger partial charge in [-0.15, -0.1) is 0 Å². The largest absolute Gasteiger partial charge is 0.303 e. The van der Waals surface area contributed by atoms with Crippen LogP contribution >= 0.6 is 0 Å². The van der Waals surface area contributed by atoms with Crippen molar-refractivity contribution in [2.45, 2.75) is 13.5 Å². The van der Waals surface area contributed by atoms with Crippen LogP contribution in [-0.2, 0) is 16.1 Å². The van der Waals surface area contributed by atoms with Crippen molar-refractivity contribution in [1.29, 1.82) is 0 Å². The predicted octanol–water partition coefficient (Wildman–Crippen LogP) is -0.845. The minimum Gasteiger partial charge on any atom is -0.303 e. The van der Waals surface area contributed by atoms with Gasteiger partial charge in [0, 0.05) is 19.2 Å². The van der Waals surface area contributed by atoms with Gasteiger partial charge in [-0.1, -0.05) is 0 Å². The third-order valence-corrected chi connectivity index (χ3v) is 1.64. The summed E-state index contributed by atoms with van der Waals surface area (Å²) < 4.78 is 13.6. The highest BCUT2D eigenvalue weighted by molar-refractivity contribution is 5.80. The fraction of sp³-hybridized carbons (Fsp3) is 0.222. The number of nitrogens with zero attached hydrogens (tertiary/aromatic N) is 1. The smallest absolute Gasteiger partial charge is 0.258 e. The molecule has 2 amide bonds. The van der Waals surface area contributed by atoms with Crippen molar-refractivity contribution in [2.75, 3.05) is 0 Å². The van der Waals surface area contributed by atoms with Crippen LogP contribution in [0, 0.1) is 5.82 Å². The number of carbonyl (C=O) groups is 2. The van der Waals surface area contributed by atoms with Crippen molar-refractivity contribution in [3.8, 4) is 0 Å². The van der Waals surface area contributed by atoms with Gasteiger partial charge in [0.15, 0.2) is 0 Å². The third kappa shape index (κ3) is 3.52. The standard InChI is InChI=1S/C9H10FN3O3/c1-6(14)11-12-8(15)5-13-4-7(10)2-3-9(13)16/h2-4H,5H2,1H3,(H,11,14)(H,12,15). The van der Waals surface area contributed by atoms with E-state index in [-0.39, 0.29) is 6.54 Å². The molecule has 0 aliphatic heterocycles. The molecule has 1 aromatic rings. The molecule has 0 aliphatic carbocycles. The number of hydrazine groups is 1. The number of nitrogens with one attached hydrogen (secondary N) is 2. The van der Waals surface area contributed by atoms with E-state index in [2.05, 4.69) is 10.9 Å². The summed E-state index contributed by atoms with van der Waals surface area (Å²) in [5, 5.41) is 0. The van der Waals surface area contributed by atoms with Gasteiger partial charge in [-0.25, -0.2) is 4.39 Å². The average Bonchev–Trinajstić information content (AvgIpc) is 2.20. The molecule has 0 spiro atoms. The summed E-state index contributed by atoms with van der Waals surface area (Å²) in [6.45, 7) is 0.853. The molecule has 0 fully saturated rings. The van der Waals surface area contributed by atoms with E-state index in [9.17, 15) is 18.8 Å². The second kappa shape index (κ2) is 5.06. The first-order valence-corrected chi connectivity index (χ1v) is 4.40. The van der Waals surface area contributed by atoms with Crippen molar-refractivity contribution in [3.63, 3.8) is 0 Å². The first-order valence-electron chi connectivity index (χ1n) is 4.40. The number of pyridine rings is 1. The zero-order valence-corrected chi connectivity index (χ0v) is 8.49. The highest BCUT2D eigenvalue weighted by Gasteiger charge is 2.05. The Kier molecular flexibility index (Phi) is 3.76.